The van der Waals surface area contributed by atoms with Crippen molar-refractivity contribution in [2.24, 2.45) is 5.73 Å². The second-order valence-electron chi connectivity index (χ2n) is 3.51. The Balaban J connectivity index is 2.30. The van der Waals surface area contributed by atoms with Crippen LogP contribution in [0.2, 0.25) is 0 Å². The molecule has 2 atom stereocenters. The summed E-state index contributed by atoms with van der Waals surface area (Å²) in [5.41, 5.74) is 5.44. The Kier molecular flexibility index (Phi) is 4.16. The molecule has 1 aliphatic rings. The summed E-state index contributed by atoms with van der Waals surface area (Å²) >= 11 is 0. The van der Waals surface area contributed by atoms with Gasteiger partial charge in [0, 0.05) is 13.1 Å². The van der Waals surface area contributed by atoms with Gasteiger partial charge < -0.3 is 20.1 Å². The SMILES string of the molecule is COC(=O)N1CCC(OC(C)CN)C1. The van der Waals surface area contributed by atoms with E-state index in [0.29, 0.717) is 19.6 Å². The molecule has 5 heteroatoms. The van der Waals surface area contributed by atoms with E-state index in [1.165, 1.54) is 7.11 Å². The number of rotatable bonds is 3. The van der Waals surface area contributed by atoms with Gasteiger partial charge in [0.25, 0.3) is 0 Å². The molecule has 2 N–H and O–H groups in total. The molecule has 0 aromatic heterocycles. The van der Waals surface area contributed by atoms with Crippen molar-refractivity contribution < 1.29 is 14.3 Å². The number of ether oxygens (including phenoxy) is 2. The van der Waals surface area contributed by atoms with E-state index < -0.39 is 0 Å². The van der Waals surface area contributed by atoms with Crippen molar-refractivity contribution in [1.29, 1.82) is 0 Å². The molecule has 1 heterocycles. The topological polar surface area (TPSA) is 64.8 Å². The number of hydrogen-bond acceptors (Lipinski definition) is 4. The fraction of sp³-hybridized carbons (Fsp3) is 0.889. The number of nitrogens with zero attached hydrogens (tertiary/aromatic N) is 1. The monoisotopic (exact) mass is 202 g/mol. The fourth-order valence-corrected chi connectivity index (χ4v) is 1.52. The fourth-order valence-electron chi connectivity index (χ4n) is 1.52. The molecule has 14 heavy (non-hydrogen) atoms. The summed E-state index contributed by atoms with van der Waals surface area (Å²) in [5.74, 6) is 0. The van der Waals surface area contributed by atoms with Crippen molar-refractivity contribution in [1.82, 2.24) is 4.90 Å². The third-order valence-electron chi connectivity index (χ3n) is 2.33. The Morgan fingerprint density at radius 3 is 3.00 bits per heavy atom. The van der Waals surface area contributed by atoms with E-state index in [1.807, 2.05) is 6.92 Å². The molecular weight excluding hydrogens is 184 g/mol. The van der Waals surface area contributed by atoms with Gasteiger partial charge >= 0.3 is 6.09 Å². The predicted molar refractivity (Wildman–Crippen MR) is 52.0 cm³/mol. The summed E-state index contributed by atoms with van der Waals surface area (Å²) in [6.45, 7) is 3.75. The number of hydrogen-bond donors (Lipinski definition) is 1. The molecule has 0 bridgehead atoms. The standard InChI is InChI=1S/C9H18N2O3/c1-7(5-10)14-8-3-4-11(6-8)9(12)13-2/h7-8H,3-6,10H2,1-2H3. The summed E-state index contributed by atoms with van der Waals surface area (Å²) in [6.07, 6.45) is 0.737. The second-order valence-corrected chi connectivity index (χ2v) is 3.51. The summed E-state index contributed by atoms with van der Waals surface area (Å²) in [7, 11) is 1.39. The van der Waals surface area contributed by atoms with Gasteiger partial charge in [-0.25, -0.2) is 4.79 Å². The van der Waals surface area contributed by atoms with E-state index in [-0.39, 0.29) is 18.3 Å². The Morgan fingerprint density at radius 1 is 1.71 bits per heavy atom. The highest BCUT2D eigenvalue weighted by Gasteiger charge is 2.28. The molecule has 2 unspecified atom stereocenters. The maximum absolute atomic E-state index is 11.1. The average molecular weight is 202 g/mol. The van der Waals surface area contributed by atoms with Gasteiger partial charge in [-0.05, 0) is 13.3 Å². The van der Waals surface area contributed by atoms with Gasteiger partial charge in [-0.15, -0.1) is 0 Å². The lowest BCUT2D eigenvalue weighted by molar-refractivity contribution is 0.00889. The van der Waals surface area contributed by atoms with Gasteiger partial charge in [0.05, 0.1) is 25.9 Å². The van der Waals surface area contributed by atoms with Crippen LogP contribution in [0.25, 0.3) is 0 Å². The number of methoxy groups -OCH3 is 1. The largest absolute Gasteiger partial charge is 0.453 e. The molecule has 0 aromatic rings. The third kappa shape index (κ3) is 2.85. The van der Waals surface area contributed by atoms with Crippen LogP contribution in [0.5, 0.6) is 0 Å². The zero-order valence-electron chi connectivity index (χ0n) is 8.73. The molecular formula is C9H18N2O3. The molecule has 82 valence electrons. The van der Waals surface area contributed by atoms with Crippen molar-refractivity contribution in [2.45, 2.75) is 25.6 Å². The van der Waals surface area contributed by atoms with Crippen molar-refractivity contribution in [3.8, 4) is 0 Å². The highest BCUT2D eigenvalue weighted by molar-refractivity contribution is 5.67. The van der Waals surface area contributed by atoms with Gasteiger partial charge in [-0.2, -0.15) is 0 Å². The normalized spacial score (nSPS) is 23.6. The molecule has 1 rings (SSSR count). The summed E-state index contributed by atoms with van der Waals surface area (Å²) in [6, 6.07) is 0. The molecule has 0 aliphatic carbocycles. The Hall–Kier alpha value is -0.810. The van der Waals surface area contributed by atoms with Crippen LogP contribution in [0, 0.1) is 0 Å². The van der Waals surface area contributed by atoms with Crippen molar-refractivity contribution in [3.05, 3.63) is 0 Å². The van der Waals surface area contributed by atoms with E-state index in [2.05, 4.69) is 4.74 Å². The maximum Gasteiger partial charge on any atom is 0.409 e. The molecule has 0 radical (unpaired) electrons. The minimum atomic E-state index is -0.281. The van der Waals surface area contributed by atoms with Crippen LogP contribution in [0.1, 0.15) is 13.3 Å². The molecule has 0 saturated carbocycles. The van der Waals surface area contributed by atoms with E-state index >= 15 is 0 Å². The smallest absolute Gasteiger partial charge is 0.409 e. The van der Waals surface area contributed by atoms with Crippen LogP contribution in [0.15, 0.2) is 0 Å². The molecule has 5 nitrogen and oxygen atoms in total. The lowest BCUT2D eigenvalue weighted by Gasteiger charge is -2.18. The predicted octanol–water partition coefficient (Wildman–Crippen LogP) is 0.191. The van der Waals surface area contributed by atoms with Crippen molar-refractivity contribution >= 4 is 6.09 Å². The second kappa shape index (κ2) is 5.17. The Bertz CT molecular complexity index is 198. The van der Waals surface area contributed by atoms with Crippen LogP contribution in [0.3, 0.4) is 0 Å². The van der Waals surface area contributed by atoms with Gasteiger partial charge in [0.1, 0.15) is 0 Å². The number of carbonyl (C=O) groups excluding carboxylic acids is 1. The summed E-state index contributed by atoms with van der Waals surface area (Å²) in [5, 5.41) is 0. The van der Waals surface area contributed by atoms with Crippen LogP contribution >= 0.6 is 0 Å². The lowest BCUT2D eigenvalue weighted by atomic mass is 10.3. The minimum absolute atomic E-state index is 0.0533. The van der Waals surface area contributed by atoms with Crippen LogP contribution < -0.4 is 5.73 Å². The number of likely N-dealkylation sites (tertiary alicyclic amines) is 1. The quantitative estimate of drug-likeness (QED) is 0.709. The maximum atomic E-state index is 11.1. The Morgan fingerprint density at radius 2 is 2.43 bits per heavy atom. The van der Waals surface area contributed by atoms with E-state index in [0.717, 1.165) is 6.42 Å². The van der Waals surface area contributed by atoms with Gasteiger partial charge in [0.2, 0.25) is 0 Å². The van der Waals surface area contributed by atoms with E-state index in [9.17, 15) is 4.79 Å². The number of amides is 1. The van der Waals surface area contributed by atoms with Gasteiger partial charge in [-0.3, -0.25) is 0 Å². The Labute approximate surface area is 84.1 Å². The highest BCUT2D eigenvalue weighted by Crippen LogP contribution is 2.14. The first kappa shape index (κ1) is 11.3. The van der Waals surface area contributed by atoms with Crippen LogP contribution in [-0.2, 0) is 9.47 Å². The first-order valence-corrected chi connectivity index (χ1v) is 4.85. The number of carbonyl (C=O) groups is 1. The minimum Gasteiger partial charge on any atom is -0.453 e. The molecule has 1 saturated heterocycles. The average Bonchev–Trinajstić information content (AvgIpc) is 2.65. The zero-order valence-corrected chi connectivity index (χ0v) is 8.73. The van der Waals surface area contributed by atoms with Gasteiger partial charge in [0.15, 0.2) is 0 Å². The highest BCUT2D eigenvalue weighted by atomic mass is 16.5. The first-order chi connectivity index (χ1) is 6.67. The number of nitrogens with two attached hydrogens (primary N) is 1. The summed E-state index contributed by atoms with van der Waals surface area (Å²) in [4.78, 5) is 12.8. The van der Waals surface area contributed by atoms with Crippen molar-refractivity contribution in [3.63, 3.8) is 0 Å². The lowest BCUT2D eigenvalue weighted by Crippen LogP contribution is -2.32. The van der Waals surface area contributed by atoms with Crippen molar-refractivity contribution in [2.75, 3.05) is 26.7 Å². The zero-order chi connectivity index (χ0) is 10.6. The first-order valence-electron chi connectivity index (χ1n) is 4.85. The molecule has 1 aliphatic heterocycles. The van der Waals surface area contributed by atoms with Crippen LogP contribution in [-0.4, -0.2) is 49.9 Å². The van der Waals surface area contributed by atoms with Crippen LogP contribution in [0.4, 0.5) is 4.79 Å². The molecule has 0 spiro atoms. The summed E-state index contributed by atoms with van der Waals surface area (Å²) < 4.78 is 10.2. The molecule has 1 amide bonds. The third-order valence-corrected chi connectivity index (χ3v) is 2.33. The molecule has 0 aromatic carbocycles. The van der Waals surface area contributed by atoms with E-state index in [4.69, 9.17) is 10.5 Å². The molecule has 1 fully saturated rings. The van der Waals surface area contributed by atoms with Gasteiger partial charge in [-0.1, -0.05) is 0 Å². The van der Waals surface area contributed by atoms with E-state index in [1.54, 1.807) is 4.90 Å².